The molecule has 1 aliphatic rings. The molecule has 2 unspecified atom stereocenters. The van der Waals surface area contributed by atoms with Gasteiger partial charge in [0.2, 0.25) is 0 Å². The van der Waals surface area contributed by atoms with Crippen LogP contribution in [0.3, 0.4) is 0 Å². The van der Waals surface area contributed by atoms with Gasteiger partial charge in [-0.05, 0) is 53.6 Å². The molecule has 5 heterocycles. The van der Waals surface area contributed by atoms with Crippen molar-refractivity contribution in [1.82, 2.24) is 24.3 Å². The topological polar surface area (TPSA) is 59.2 Å². The first kappa shape index (κ1) is 20.6. The Morgan fingerprint density at radius 3 is 2.50 bits per heavy atom. The SMILES string of the molecule is CCc1ccnc(Cc2nc(Cc3ccn4ccnc4c3)cc(N3CC(C)C(C)C3)n2)c1. The minimum atomic E-state index is 0.646. The molecule has 0 saturated carbocycles. The van der Waals surface area contributed by atoms with Crippen LogP contribution < -0.4 is 4.90 Å². The lowest BCUT2D eigenvalue weighted by Crippen LogP contribution is -2.22. The highest BCUT2D eigenvalue weighted by atomic mass is 15.2. The summed E-state index contributed by atoms with van der Waals surface area (Å²) in [7, 11) is 0. The van der Waals surface area contributed by atoms with Gasteiger partial charge < -0.3 is 9.30 Å². The Morgan fingerprint density at radius 1 is 0.844 bits per heavy atom. The van der Waals surface area contributed by atoms with Gasteiger partial charge in [-0.2, -0.15) is 0 Å². The average Bonchev–Trinajstić information content (AvgIpc) is 3.39. The summed E-state index contributed by atoms with van der Waals surface area (Å²) in [6, 6.07) is 10.7. The molecular formula is C26H30N6. The highest BCUT2D eigenvalue weighted by molar-refractivity contribution is 5.45. The van der Waals surface area contributed by atoms with Crippen LogP contribution in [0.5, 0.6) is 0 Å². The number of pyridine rings is 2. The molecule has 0 radical (unpaired) electrons. The first-order valence-corrected chi connectivity index (χ1v) is 11.5. The van der Waals surface area contributed by atoms with Crippen LogP contribution in [-0.4, -0.2) is 37.4 Å². The summed E-state index contributed by atoms with van der Waals surface area (Å²) in [5, 5.41) is 0. The number of nitrogens with zero attached hydrogens (tertiary/aromatic N) is 6. The van der Waals surface area contributed by atoms with Gasteiger partial charge in [0.15, 0.2) is 0 Å². The van der Waals surface area contributed by atoms with Crippen LogP contribution in [-0.2, 0) is 19.3 Å². The van der Waals surface area contributed by atoms with Gasteiger partial charge in [0.05, 0.1) is 12.1 Å². The predicted molar refractivity (Wildman–Crippen MR) is 127 cm³/mol. The summed E-state index contributed by atoms with van der Waals surface area (Å²) in [6.07, 6.45) is 10.1. The Labute approximate surface area is 189 Å². The van der Waals surface area contributed by atoms with Crippen molar-refractivity contribution in [2.45, 2.75) is 40.0 Å². The zero-order chi connectivity index (χ0) is 22.1. The fourth-order valence-electron chi connectivity index (χ4n) is 4.46. The molecule has 6 nitrogen and oxygen atoms in total. The molecule has 0 spiro atoms. The number of aryl methyl sites for hydroxylation is 1. The maximum Gasteiger partial charge on any atom is 0.136 e. The minimum absolute atomic E-state index is 0.646. The van der Waals surface area contributed by atoms with Gasteiger partial charge in [-0.15, -0.1) is 0 Å². The van der Waals surface area contributed by atoms with Crippen molar-refractivity contribution in [2.75, 3.05) is 18.0 Å². The number of hydrogen-bond donors (Lipinski definition) is 0. The standard InChI is InChI=1S/C26H30N6/c1-4-20-5-7-27-22(11-20)14-24-29-23(12-21-6-9-31-10-8-28-25(31)13-21)15-26(30-24)32-16-18(2)19(3)17-32/h5-11,13,15,18-19H,4,12,14,16-17H2,1-3H3. The monoisotopic (exact) mass is 426 g/mol. The van der Waals surface area contributed by atoms with E-state index < -0.39 is 0 Å². The highest BCUT2D eigenvalue weighted by Crippen LogP contribution is 2.27. The quantitative estimate of drug-likeness (QED) is 0.459. The van der Waals surface area contributed by atoms with Crippen molar-refractivity contribution in [2.24, 2.45) is 11.8 Å². The molecule has 0 bridgehead atoms. The summed E-state index contributed by atoms with van der Waals surface area (Å²) in [5.74, 6) is 3.22. The summed E-state index contributed by atoms with van der Waals surface area (Å²) < 4.78 is 2.03. The molecule has 4 aromatic heterocycles. The third-order valence-electron chi connectivity index (χ3n) is 6.60. The van der Waals surface area contributed by atoms with E-state index in [0.717, 1.165) is 54.6 Å². The zero-order valence-corrected chi connectivity index (χ0v) is 19.1. The average molecular weight is 427 g/mol. The second kappa shape index (κ2) is 8.69. The van der Waals surface area contributed by atoms with Gasteiger partial charge in [-0.25, -0.2) is 15.0 Å². The summed E-state index contributed by atoms with van der Waals surface area (Å²) in [6.45, 7) is 8.91. The van der Waals surface area contributed by atoms with Crippen LogP contribution in [0.25, 0.3) is 5.65 Å². The predicted octanol–water partition coefficient (Wildman–Crippen LogP) is 4.36. The lowest BCUT2D eigenvalue weighted by Gasteiger charge is -2.19. The van der Waals surface area contributed by atoms with E-state index in [0.29, 0.717) is 18.3 Å². The molecule has 6 heteroatoms. The Kier molecular flexibility index (Phi) is 5.60. The van der Waals surface area contributed by atoms with Gasteiger partial charge in [0, 0.05) is 56.1 Å². The summed E-state index contributed by atoms with van der Waals surface area (Å²) >= 11 is 0. The van der Waals surface area contributed by atoms with Gasteiger partial charge >= 0.3 is 0 Å². The molecule has 0 aromatic carbocycles. The van der Waals surface area contributed by atoms with E-state index in [-0.39, 0.29) is 0 Å². The number of anilines is 1. The molecule has 5 rings (SSSR count). The number of hydrogen-bond acceptors (Lipinski definition) is 5. The molecular weight excluding hydrogens is 396 g/mol. The molecule has 1 saturated heterocycles. The van der Waals surface area contributed by atoms with E-state index in [1.54, 1.807) is 0 Å². The van der Waals surface area contributed by atoms with Gasteiger partial charge in [0.1, 0.15) is 17.3 Å². The highest BCUT2D eigenvalue weighted by Gasteiger charge is 2.27. The Bertz CT molecular complexity index is 1220. The first-order chi connectivity index (χ1) is 15.6. The largest absolute Gasteiger partial charge is 0.356 e. The van der Waals surface area contributed by atoms with Gasteiger partial charge in [-0.3, -0.25) is 4.98 Å². The van der Waals surface area contributed by atoms with Crippen LogP contribution in [0.2, 0.25) is 0 Å². The van der Waals surface area contributed by atoms with Crippen LogP contribution >= 0.6 is 0 Å². The number of imidazole rings is 1. The smallest absolute Gasteiger partial charge is 0.136 e. The van der Waals surface area contributed by atoms with Crippen LogP contribution in [0, 0.1) is 11.8 Å². The van der Waals surface area contributed by atoms with Crippen molar-refractivity contribution in [3.63, 3.8) is 0 Å². The van der Waals surface area contributed by atoms with E-state index in [9.17, 15) is 0 Å². The Hall–Kier alpha value is -3.28. The minimum Gasteiger partial charge on any atom is -0.356 e. The molecule has 2 atom stereocenters. The van der Waals surface area contributed by atoms with Crippen molar-refractivity contribution < 1.29 is 0 Å². The maximum atomic E-state index is 4.98. The van der Waals surface area contributed by atoms with Gasteiger partial charge in [0.25, 0.3) is 0 Å². The molecule has 1 fully saturated rings. The second-order valence-corrected chi connectivity index (χ2v) is 9.08. The fraction of sp³-hybridized carbons (Fsp3) is 0.385. The van der Waals surface area contributed by atoms with E-state index >= 15 is 0 Å². The molecule has 164 valence electrons. The van der Waals surface area contributed by atoms with Crippen LogP contribution in [0.15, 0.2) is 55.1 Å². The van der Waals surface area contributed by atoms with E-state index in [4.69, 9.17) is 9.97 Å². The van der Waals surface area contributed by atoms with Crippen LogP contribution in [0.4, 0.5) is 5.82 Å². The van der Waals surface area contributed by atoms with Gasteiger partial charge in [-0.1, -0.05) is 20.8 Å². The summed E-state index contributed by atoms with van der Waals surface area (Å²) in [5.41, 5.74) is 5.52. The molecule has 0 amide bonds. The second-order valence-electron chi connectivity index (χ2n) is 9.08. The van der Waals surface area contributed by atoms with Crippen LogP contribution in [0.1, 0.15) is 49.1 Å². The molecule has 1 aliphatic heterocycles. The normalized spacial score (nSPS) is 18.5. The Morgan fingerprint density at radius 2 is 1.69 bits per heavy atom. The Balaban J connectivity index is 1.48. The fourth-order valence-corrected chi connectivity index (χ4v) is 4.46. The third-order valence-corrected chi connectivity index (χ3v) is 6.60. The third kappa shape index (κ3) is 4.35. The maximum absolute atomic E-state index is 4.98. The number of rotatable bonds is 6. The zero-order valence-electron chi connectivity index (χ0n) is 19.1. The molecule has 32 heavy (non-hydrogen) atoms. The van der Waals surface area contributed by atoms with E-state index in [1.807, 2.05) is 23.0 Å². The van der Waals surface area contributed by atoms with E-state index in [1.165, 1.54) is 11.1 Å². The van der Waals surface area contributed by atoms with Crippen molar-refractivity contribution in [3.8, 4) is 0 Å². The lowest BCUT2D eigenvalue weighted by atomic mass is 10.0. The summed E-state index contributed by atoms with van der Waals surface area (Å²) in [4.78, 5) is 21.3. The van der Waals surface area contributed by atoms with E-state index in [2.05, 4.69) is 72.2 Å². The molecule has 0 aliphatic carbocycles. The lowest BCUT2D eigenvalue weighted by molar-refractivity contribution is 0.494. The molecule has 0 N–H and O–H groups in total. The number of aromatic nitrogens is 5. The molecule has 4 aromatic rings. The van der Waals surface area contributed by atoms with Crippen molar-refractivity contribution in [3.05, 3.63) is 83.5 Å². The van der Waals surface area contributed by atoms with Crippen molar-refractivity contribution >= 4 is 11.5 Å². The number of fused-ring (bicyclic) bond motifs is 1. The first-order valence-electron chi connectivity index (χ1n) is 11.5. The van der Waals surface area contributed by atoms with Crippen molar-refractivity contribution in [1.29, 1.82) is 0 Å².